The van der Waals surface area contributed by atoms with E-state index in [2.05, 4.69) is 18.9 Å². The van der Waals surface area contributed by atoms with Crippen molar-refractivity contribution >= 4 is 7.51 Å². The minimum atomic E-state index is -1.95. The summed E-state index contributed by atoms with van der Waals surface area (Å²) >= 11 is 0. The average molecular weight is 296 g/mol. The van der Waals surface area contributed by atoms with E-state index in [0.29, 0.717) is 26.4 Å². The zero-order chi connectivity index (χ0) is 14.9. The molecule has 0 aromatic heterocycles. The van der Waals surface area contributed by atoms with Crippen LogP contribution in [-0.2, 0) is 14.3 Å². The number of hydrogen-bond acceptors (Lipinski definition) is 4. The Labute approximate surface area is 117 Å². The molecule has 0 aromatic carbocycles. The SMILES string of the molecule is COCCOCCON=P(N(C)C)(N(C)C)N(C)C. The number of nitrogens with zero attached hydrogens (tertiary/aromatic N) is 4. The zero-order valence-corrected chi connectivity index (χ0v) is 14.2. The molecule has 8 heteroatoms. The van der Waals surface area contributed by atoms with E-state index in [1.54, 1.807) is 7.11 Å². The molecule has 0 bridgehead atoms. The molecule has 0 N–H and O–H groups in total. The third-order valence-electron chi connectivity index (χ3n) is 2.53. The average Bonchev–Trinajstić information content (AvgIpc) is 2.31. The van der Waals surface area contributed by atoms with E-state index in [1.807, 2.05) is 42.3 Å². The van der Waals surface area contributed by atoms with Crippen molar-refractivity contribution in [2.75, 3.05) is 75.8 Å². The molecule has 0 unspecified atom stereocenters. The summed E-state index contributed by atoms with van der Waals surface area (Å²) in [5.41, 5.74) is 0. The van der Waals surface area contributed by atoms with Gasteiger partial charge in [-0.1, -0.05) is 0 Å². The van der Waals surface area contributed by atoms with Crippen LogP contribution in [0.15, 0.2) is 4.91 Å². The Morgan fingerprint density at radius 2 is 1.26 bits per heavy atom. The molecule has 0 aromatic rings. The normalized spacial score (nSPS) is 12.7. The third-order valence-corrected chi connectivity index (χ3v) is 6.08. The van der Waals surface area contributed by atoms with Gasteiger partial charge in [-0.25, -0.2) is 4.84 Å². The summed E-state index contributed by atoms with van der Waals surface area (Å²) in [4.78, 5) is 9.90. The minimum absolute atomic E-state index is 0.445. The maximum Gasteiger partial charge on any atom is 0.196 e. The van der Waals surface area contributed by atoms with Gasteiger partial charge in [-0.05, 0) is 42.3 Å². The van der Waals surface area contributed by atoms with Crippen molar-refractivity contribution in [1.29, 1.82) is 0 Å². The van der Waals surface area contributed by atoms with E-state index in [-0.39, 0.29) is 0 Å². The van der Waals surface area contributed by atoms with Gasteiger partial charge in [0.1, 0.15) is 6.61 Å². The molecule has 0 atom stereocenters. The highest BCUT2D eigenvalue weighted by Crippen LogP contribution is 2.54. The van der Waals surface area contributed by atoms with Crippen LogP contribution in [0.25, 0.3) is 0 Å². The van der Waals surface area contributed by atoms with Gasteiger partial charge in [-0.3, -0.25) is 14.0 Å². The van der Waals surface area contributed by atoms with Crippen LogP contribution in [0.1, 0.15) is 0 Å². The van der Waals surface area contributed by atoms with Crippen molar-refractivity contribution in [3.05, 3.63) is 0 Å². The Morgan fingerprint density at radius 1 is 0.789 bits per heavy atom. The predicted molar refractivity (Wildman–Crippen MR) is 79.1 cm³/mol. The van der Waals surface area contributed by atoms with E-state index in [0.717, 1.165) is 0 Å². The molecule has 0 spiro atoms. The van der Waals surface area contributed by atoms with E-state index in [1.165, 1.54) is 0 Å². The van der Waals surface area contributed by atoms with Crippen molar-refractivity contribution in [2.24, 2.45) is 4.91 Å². The highest BCUT2D eigenvalue weighted by atomic mass is 31.2. The van der Waals surface area contributed by atoms with Crippen LogP contribution in [0, 0.1) is 0 Å². The number of hydrogen-bond donors (Lipinski definition) is 0. The first-order valence-corrected chi connectivity index (χ1v) is 7.83. The van der Waals surface area contributed by atoms with Crippen LogP contribution in [0.2, 0.25) is 0 Å². The highest BCUT2D eigenvalue weighted by Gasteiger charge is 2.29. The van der Waals surface area contributed by atoms with Crippen LogP contribution >= 0.6 is 7.51 Å². The Hall–Kier alpha value is -0.0100. The van der Waals surface area contributed by atoms with Gasteiger partial charge in [0.25, 0.3) is 0 Å². The summed E-state index contributed by atoms with van der Waals surface area (Å²) in [5.74, 6) is 0. The lowest BCUT2D eigenvalue weighted by Crippen LogP contribution is -2.30. The summed E-state index contributed by atoms with van der Waals surface area (Å²) in [6.07, 6.45) is 0. The third kappa shape index (κ3) is 5.87. The minimum Gasteiger partial charge on any atom is -0.382 e. The Kier molecular flexibility index (Phi) is 9.82. The Balaban J connectivity index is 4.42. The molecule has 0 aliphatic heterocycles. The molecule has 0 rings (SSSR count). The summed E-state index contributed by atoms with van der Waals surface area (Å²) in [5, 5.41) is 0. The fraction of sp³-hybridized carbons (Fsp3) is 1.00. The van der Waals surface area contributed by atoms with Crippen LogP contribution in [-0.4, -0.2) is 89.8 Å². The van der Waals surface area contributed by atoms with Crippen LogP contribution in [0.4, 0.5) is 0 Å². The van der Waals surface area contributed by atoms with E-state index in [4.69, 9.17) is 14.3 Å². The summed E-state index contributed by atoms with van der Waals surface area (Å²) in [6, 6.07) is 0. The van der Waals surface area contributed by atoms with Crippen LogP contribution in [0.3, 0.4) is 0 Å². The summed E-state index contributed by atoms with van der Waals surface area (Å²) < 4.78 is 16.5. The van der Waals surface area contributed by atoms with E-state index in [9.17, 15) is 0 Å². The number of ether oxygens (including phenoxy) is 2. The number of methoxy groups -OCH3 is 1. The summed E-state index contributed by atoms with van der Waals surface area (Å²) in [6.45, 7) is 2.14. The van der Waals surface area contributed by atoms with Crippen molar-refractivity contribution in [3.63, 3.8) is 0 Å². The molecule has 7 nitrogen and oxygen atoms in total. The molecule has 0 radical (unpaired) electrons. The topological polar surface area (TPSA) is 49.8 Å². The first-order chi connectivity index (χ1) is 8.89. The van der Waals surface area contributed by atoms with E-state index >= 15 is 0 Å². The fourth-order valence-corrected chi connectivity index (χ4v) is 4.57. The van der Waals surface area contributed by atoms with Crippen LogP contribution in [0.5, 0.6) is 0 Å². The van der Waals surface area contributed by atoms with Crippen molar-refractivity contribution in [1.82, 2.24) is 14.0 Å². The largest absolute Gasteiger partial charge is 0.382 e. The fourth-order valence-electron chi connectivity index (χ4n) is 1.75. The van der Waals surface area contributed by atoms with Gasteiger partial charge in [0.15, 0.2) is 7.51 Å². The predicted octanol–water partition coefficient (Wildman–Crippen LogP) is 1.21. The molecule has 19 heavy (non-hydrogen) atoms. The van der Waals surface area contributed by atoms with E-state index < -0.39 is 7.51 Å². The Bertz CT molecular complexity index is 257. The van der Waals surface area contributed by atoms with Crippen LogP contribution < -0.4 is 0 Å². The van der Waals surface area contributed by atoms with Gasteiger partial charge in [0, 0.05) is 7.11 Å². The van der Waals surface area contributed by atoms with Gasteiger partial charge in [-0.2, -0.15) is 0 Å². The van der Waals surface area contributed by atoms with Gasteiger partial charge in [-0.15, -0.1) is 4.91 Å². The quantitative estimate of drug-likeness (QED) is 0.343. The highest BCUT2D eigenvalue weighted by molar-refractivity contribution is 7.58. The maximum atomic E-state index is 5.45. The van der Waals surface area contributed by atoms with Gasteiger partial charge >= 0.3 is 0 Å². The zero-order valence-electron chi connectivity index (χ0n) is 13.3. The van der Waals surface area contributed by atoms with Gasteiger partial charge in [0.05, 0.1) is 19.8 Å². The number of rotatable bonds is 10. The molecule has 0 aliphatic rings. The molecular weight excluding hydrogens is 267 g/mol. The molecule has 0 saturated heterocycles. The monoisotopic (exact) mass is 296 g/mol. The second kappa shape index (κ2) is 9.83. The smallest absolute Gasteiger partial charge is 0.196 e. The summed E-state index contributed by atoms with van der Waals surface area (Å²) in [7, 11) is 11.8. The molecule has 0 amide bonds. The first-order valence-electron chi connectivity index (χ1n) is 6.23. The molecule has 0 fully saturated rings. The lowest BCUT2D eigenvalue weighted by Gasteiger charge is -2.39. The Morgan fingerprint density at radius 3 is 1.68 bits per heavy atom. The molecule has 0 aliphatic carbocycles. The van der Waals surface area contributed by atoms with Crippen molar-refractivity contribution in [3.8, 4) is 0 Å². The van der Waals surface area contributed by atoms with Crippen molar-refractivity contribution < 1.29 is 14.3 Å². The standard InChI is InChI=1S/C11H29N4O3P/c1-13(2)19(14(3)4,15(5)6)12-18-11-10-17-9-8-16-7/h8-11H2,1-7H3. The maximum absolute atomic E-state index is 5.45. The van der Waals surface area contributed by atoms with Gasteiger partial charge in [0.2, 0.25) is 0 Å². The lowest BCUT2D eigenvalue weighted by atomic mass is 10.7. The second-order valence-electron chi connectivity index (χ2n) is 4.60. The molecule has 0 heterocycles. The van der Waals surface area contributed by atoms with Gasteiger partial charge < -0.3 is 9.47 Å². The first kappa shape index (κ1) is 19.0. The molecule has 0 saturated carbocycles. The lowest BCUT2D eigenvalue weighted by molar-refractivity contribution is 0.0264. The molecule has 116 valence electrons. The van der Waals surface area contributed by atoms with Crippen molar-refractivity contribution in [2.45, 2.75) is 0 Å². The second-order valence-corrected chi connectivity index (χ2v) is 8.23. The molecular formula is C11H29N4O3P.